The molecule has 0 aliphatic heterocycles. The van der Waals surface area contributed by atoms with Gasteiger partial charge < -0.3 is 4.74 Å². The van der Waals surface area contributed by atoms with Crippen molar-refractivity contribution in [1.29, 1.82) is 0 Å². The van der Waals surface area contributed by atoms with Crippen LogP contribution in [0.3, 0.4) is 0 Å². The molecular formula is C10H16N4O3. The van der Waals surface area contributed by atoms with E-state index in [1.165, 1.54) is 10.9 Å². The largest absolute Gasteiger partial charge is 0.444 e. The molecule has 17 heavy (non-hydrogen) atoms. The van der Waals surface area contributed by atoms with Gasteiger partial charge in [-0.15, -0.1) is 4.91 Å². The highest BCUT2D eigenvalue weighted by Crippen LogP contribution is 2.23. The van der Waals surface area contributed by atoms with Gasteiger partial charge in [0.1, 0.15) is 5.60 Å². The van der Waals surface area contributed by atoms with Crippen molar-refractivity contribution in [3.8, 4) is 0 Å². The van der Waals surface area contributed by atoms with Crippen LogP contribution >= 0.6 is 0 Å². The Labute approximate surface area is 99.1 Å². The number of anilines is 1. The van der Waals surface area contributed by atoms with E-state index in [2.05, 4.69) is 15.6 Å². The maximum atomic E-state index is 11.5. The van der Waals surface area contributed by atoms with Gasteiger partial charge in [0, 0.05) is 6.54 Å². The summed E-state index contributed by atoms with van der Waals surface area (Å²) in [4.78, 5) is 22.0. The van der Waals surface area contributed by atoms with Crippen molar-refractivity contribution in [2.75, 3.05) is 5.32 Å². The standard InChI is InChI=1S/C10H16N4O3/c1-5-14-6-7(13-16)8(12-14)11-9(15)17-10(2,3)4/h6H,5H2,1-4H3,(H,11,12,15). The summed E-state index contributed by atoms with van der Waals surface area (Å²) < 4.78 is 6.54. The van der Waals surface area contributed by atoms with Crippen molar-refractivity contribution in [2.45, 2.75) is 39.8 Å². The highest BCUT2D eigenvalue weighted by Gasteiger charge is 2.19. The predicted molar refractivity (Wildman–Crippen MR) is 63.2 cm³/mol. The van der Waals surface area contributed by atoms with Gasteiger partial charge in [0.2, 0.25) is 0 Å². The van der Waals surface area contributed by atoms with Crippen molar-refractivity contribution in [3.05, 3.63) is 11.1 Å². The van der Waals surface area contributed by atoms with Crippen LogP contribution in [0, 0.1) is 4.91 Å². The van der Waals surface area contributed by atoms with Crippen LogP contribution in [0.4, 0.5) is 16.3 Å². The summed E-state index contributed by atoms with van der Waals surface area (Å²) in [6.45, 7) is 7.68. The fourth-order valence-corrected chi connectivity index (χ4v) is 1.13. The SMILES string of the molecule is CCn1cc(N=O)c(NC(=O)OC(C)(C)C)n1. The van der Waals surface area contributed by atoms with E-state index >= 15 is 0 Å². The van der Waals surface area contributed by atoms with Gasteiger partial charge in [0.25, 0.3) is 0 Å². The van der Waals surface area contributed by atoms with Gasteiger partial charge in [0.05, 0.1) is 6.20 Å². The highest BCUT2D eigenvalue weighted by molar-refractivity contribution is 5.87. The molecule has 7 nitrogen and oxygen atoms in total. The number of ether oxygens (including phenoxy) is 1. The topological polar surface area (TPSA) is 85.6 Å². The Balaban J connectivity index is 2.77. The summed E-state index contributed by atoms with van der Waals surface area (Å²) in [7, 11) is 0. The van der Waals surface area contributed by atoms with Gasteiger partial charge in [-0.05, 0) is 32.9 Å². The first kappa shape index (κ1) is 13.1. The lowest BCUT2D eigenvalue weighted by Gasteiger charge is -2.19. The molecule has 1 aromatic rings. The fraction of sp³-hybridized carbons (Fsp3) is 0.600. The first-order chi connectivity index (χ1) is 7.85. The molecule has 0 unspecified atom stereocenters. The number of aromatic nitrogens is 2. The smallest absolute Gasteiger partial charge is 0.413 e. The lowest BCUT2D eigenvalue weighted by molar-refractivity contribution is 0.0635. The molecule has 0 fully saturated rings. The van der Waals surface area contributed by atoms with Crippen molar-refractivity contribution < 1.29 is 9.53 Å². The van der Waals surface area contributed by atoms with Crippen LogP contribution in [0.1, 0.15) is 27.7 Å². The minimum Gasteiger partial charge on any atom is -0.444 e. The molecule has 1 heterocycles. The van der Waals surface area contributed by atoms with Gasteiger partial charge in [-0.2, -0.15) is 5.10 Å². The summed E-state index contributed by atoms with van der Waals surface area (Å²) in [6.07, 6.45) is 0.795. The number of aryl methyl sites for hydroxylation is 1. The quantitative estimate of drug-likeness (QED) is 0.823. The Kier molecular flexibility index (Phi) is 3.82. The van der Waals surface area contributed by atoms with E-state index in [0.717, 1.165) is 0 Å². The zero-order valence-corrected chi connectivity index (χ0v) is 10.4. The zero-order valence-electron chi connectivity index (χ0n) is 10.4. The first-order valence-electron chi connectivity index (χ1n) is 5.26. The average molecular weight is 240 g/mol. The van der Waals surface area contributed by atoms with Gasteiger partial charge in [0.15, 0.2) is 11.5 Å². The average Bonchev–Trinajstić information content (AvgIpc) is 2.57. The minimum atomic E-state index is -0.663. The number of amides is 1. The van der Waals surface area contributed by atoms with E-state index in [4.69, 9.17) is 4.74 Å². The number of rotatable bonds is 3. The third kappa shape index (κ3) is 3.86. The molecule has 7 heteroatoms. The molecule has 0 saturated carbocycles. The van der Waals surface area contributed by atoms with E-state index in [1.807, 2.05) is 6.92 Å². The maximum absolute atomic E-state index is 11.5. The fourth-order valence-electron chi connectivity index (χ4n) is 1.13. The van der Waals surface area contributed by atoms with E-state index in [0.29, 0.717) is 6.54 Å². The molecule has 1 aromatic heterocycles. The molecule has 0 radical (unpaired) electrons. The highest BCUT2D eigenvalue weighted by atomic mass is 16.6. The second kappa shape index (κ2) is 4.94. The van der Waals surface area contributed by atoms with Crippen LogP contribution in [0.25, 0.3) is 0 Å². The lowest BCUT2D eigenvalue weighted by Crippen LogP contribution is -2.27. The van der Waals surface area contributed by atoms with Gasteiger partial charge >= 0.3 is 6.09 Å². The second-order valence-corrected chi connectivity index (χ2v) is 4.44. The van der Waals surface area contributed by atoms with Crippen LogP contribution in [-0.4, -0.2) is 21.5 Å². The number of hydrogen-bond donors (Lipinski definition) is 1. The van der Waals surface area contributed by atoms with Crippen molar-refractivity contribution in [1.82, 2.24) is 9.78 Å². The lowest BCUT2D eigenvalue weighted by atomic mass is 10.2. The van der Waals surface area contributed by atoms with Gasteiger partial charge in [-0.25, -0.2) is 4.79 Å². The van der Waals surface area contributed by atoms with E-state index in [9.17, 15) is 9.70 Å². The Morgan fingerprint density at radius 2 is 2.24 bits per heavy atom. The van der Waals surface area contributed by atoms with Crippen LogP contribution in [-0.2, 0) is 11.3 Å². The molecule has 0 spiro atoms. The molecular weight excluding hydrogens is 224 g/mol. The number of carbonyl (C=O) groups is 1. The van der Waals surface area contributed by atoms with Crippen LogP contribution in [0.5, 0.6) is 0 Å². The minimum absolute atomic E-state index is 0.0812. The Morgan fingerprint density at radius 3 is 2.71 bits per heavy atom. The van der Waals surface area contributed by atoms with Crippen LogP contribution in [0.2, 0.25) is 0 Å². The molecule has 0 bridgehead atoms. The molecule has 0 saturated heterocycles. The molecule has 0 aliphatic rings. The monoisotopic (exact) mass is 240 g/mol. The first-order valence-corrected chi connectivity index (χ1v) is 5.26. The Bertz CT molecular complexity index is 420. The molecule has 1 N–H and O–H groups in total. The van der Waals surface area contributed by atoms with Gasteiger partial charge in [-0.3, -0.25) is 10.00 Å². The second-order valence-electron chi connectivity index (χ2n) is 4.44. The predicted octanol–water partition coefficient (Wildman–Crippen LogP) is 2.65. The van der Waals surface area contributed by atoms with Crippen LogP contribution < -0.4 is 5.32 Å². The molecule has 94 valence electrons. The Hall–Kier alpha value is -1.92. The number of carbonyl (C=O) groups excluding carboxylic acids is 1. The van der Waals surface area contributed by atoms with Crippen molar-refractivity contribution in [3.63, 3.8) is 0 Å². The summed E-state index contributed by atoms with van der Waals surface area (Å²) in [6, 6.07) is 0. The zero-order chi connectivity index (χ0) is 13.1. The van der Waals surface area contributed by atoms with Crippen molar-refractivity contribution in [2.24, 2.45) is 5.18 Å². The number of nitroso groups, excluding NO2 is 1. The van der Waals surface area contributed by atoms with Crippen LogP contribution in [0.15, 0.2) is 11.4 Å². The van der Waals surface area contributed by atoms with E-state index < -0.39 is 11.7 Å². The molecule has 0 atom stereocenters. The summed E-state index contributed by atoms with van der Waals surface area (Å²) >= 11 is 0. The number of hydrogen-bond acceptors (Lipinski definition) is 5. The van der Waals surface area contributed by atoms with Crippen molar-refractivity contribution >= 4 is 17.6 Å². The molecule has 1 amide bonds. The summed E-state index contributed by atoms with van der Waals surface area (Å²) in [5.74, 6) is 0.108. The summed E-state index contributed by atoms with van der Waals surface area (Å²) in [5.41, 5.74) is -0.524. The maximum Gasteiger partial charge on any atom is 0.413 e. The number of nitrogens with one attached hydrogen (secondary N) is 1. The third-order valence-corrected chi connectivity index (χ3v) is 1.78. The molecule has 1 rings (SSSR count). The van der Waals surface area contributed by atoms with E-state index in [1.54, 1.807) is 20.8 Å². The molecule has 0 aliphatic carbocycles. The van der Waals surface area contributed by atoms with Gasteiger partial charge in [-0.1, -0.05) is 0 Å². The van der Waals surface area contributed by atoms with E-state index in [-0.39, 0.29) is 11.5 Å². The third-order valence-electron chi connectivity index (χ3n) is 1.78. The number of nitrogens with zero attached hydrogens (tertiary/aromatic N) is 3. The summed E-state index contributed by atoms with van der Waals surface area (Å²) in [5, 5.41) is 9.15. The normalized spacial score (nSPS) is 11.1. The molecule has 0 aromatic carbocycles. The Morgan fingerprint density at radius 1 is 1.59 bits per heavy atom.